The van der Waals surface area contributed by atoms with Crippen LogP contribution >= 0.6 is 0 Å². The Kier molecular flexibility index (Phi) is 6.28. The maximum Gasteiger partial charge on any atom is 0.188 e. The van der Waals surface area contributed by atoms with Gasteiger partial charge in [0.2, 0.25) is 0 Å². The van der Waals surface area contributed by atoms with E-state index in [1.165, 1.54) is 11.1 Å². The van der Waals surface area contributed by atoms with E-state index < -0.39 is 6.61 Å². The number of nitrogens with zero attached hydrogens (tertiary/aromatic N) is 2. The van der Waals surface area contributed by atoms with Gasteiger partial charge in [-0.1, -0.05) is 42.5 Å². The Morgan fingerprint density at radius 2 is 1.74 bits per heavy atom. The van der Waals surface area contributed by atoms with Crippen LogP contribution in [0.25, 0.3) is 33.5 Å². The number of ketones is 1. The lowest BCUT2D eigenvalue weighted by atomic mass is 10.0. The molecule has 1 fully saturated rings. The number of H-pyrrole nitrogens is 1. The van der Waals surface area contributed by atoms with Gasteiger partial charge >= 0.3 is 0 Å². The van der Waals surface area contributed by atoms with Gasteiger partial charge in [-0.2, -0.15) is 0 Å². The highest BCUT2D eigenvalue weighted by atomic mass is 16.5. The normalized spacial score (nSPS) is 18.9. The van der Waals surface area contributed by atoms with Crippen LogP contribution in [0.2, 0.25) is 0 Å². The number of benzene rings is 3. The molecule has 0 radical (unpaired) electrons. The highest BCUT2D eigenvalue weighted by molar-refractivity contribution is 5.99. The molecule has 174 valence electrons. The van der Waals surface area contributed by atoms with Gasteiger partial charge in [-0.15, -0.1) is 0 Å². The van der Waals surface area contributed by atoms with Crippen LogP contribution in [0.3, 0.4) is 0 Å². The summed E-state index contributed by atoms with van der Waals surface area (Å²) in [6.07, 6.45) is 0.527. The zero-order chi connectivity index (χ0) is 23.7. The minimum Gasteiger partial charge on any atom is -0.388 e. The maximum atomic E-state index is 11.8. The minimum absolute atomic E-state index is 0.263. The van der Waals surface area contributed by atoms with Crippen LogP contribution in [-0.2, 0) is 11.3 Å². The number of aliphatic hydroxyl groups excluding tert-OH is 1. The molecular weight excluding hydrogens is 426 g/mol. The summed E-state index contributed by atoms with van der Waals surface area (Å²) in [5.74, 6) is 0.446. The van der Waals surface area contributed by atoms with Crippen LogP contribution in [0, 0.1) is 0 Å². The molecule has 2 heterocycles. The average Bonchev–Trinajstić information content (AvgIpc) is 3.27. The van der Waals surface area contributed by atoms with Crippen molar-refractivity contribution in [1.29, 1.82) is 0 Å². The summed E-state index contributed by atoms with van der Waals surface area (Å²) < 4.78 is 5.86. The van der Waals surface area contributed by atoms with Crippen LogP contribution in [0.15, 0.2) is 66.7 Å². The third-order valence-electron chi connectivity index (χ3n) is 6.27. The number of imidazole rings is 1. The average molecular weight is 456 g/mol. The number of fused-ring (bicyclic) bond motifs is 1. The summed E-state index contributed by atoms with van der Waals surface area (Å²) in [6.45, 7) is 6.60. The molecule has 4 aromatic rings. The molecule has 2 atom stereocenters. The molecule has 1 aromatic heterocycles. The maximum absolute atomic E-state index is 11.8. The molecule has 1 aliphatic rings. The van der Waals surface area contributed by atoms with Crippen molar-refractivity contribution in [3.05, 3.63) is 77.9 Å². The fourth-order valence-electron chi connectivity index (χ4n) is 4.75. The first-order valence-electron chi connectivity index (χ1n) is 11.7. The van der Waals surface area contributed by atoms with Crippen molar-refractivity contribution in [3.63, 3.8) is 0 Å². The van der Waals surface area contributed by atoms with E-state index in [1.807, 2.05) is 0 Å². The largest absolute Gasteiger partial charge is 0.388 e. The number of hydrogen-bond donors (Lipinski definition) is 2. The molecule has 0 bridgehead atoms. The van der Waals surface area contributed by atoms with Crippen molar-refractivity contribution in [2.75, 3.05) is 19.7 Å². The van der Waals surface area contributed by atoms with E-state index in [2.05, 4.69) is 77.2 Å². The van der Waals surface area contributed by atoms with Crippen LogP contribution in [0.4, 0.5) is 0 Å². The van der Waals surface area contributed by atoms with E-state index in [4.69, 9.17) is 9.84 Å². The second kappa shape index (κ2) is 9.50. The Morgan fingerprint density at radius 3 is 2.47 bits per heavy atom. The number of aromatic amines is 1. The number of nitrogens with one attached hydrogen (secondary N) is 1. The summed E-state index contributed by atoms with van der Waals surface area (Å²) in [4.78, 5) is 22.2. The first-order chi connectivity index (χ1) is 16.5. The monoisotopic (exact) mass is 455 g/mol. The molecule has 0 amide bonds. The van der Waals surface area contributed by atoms with Gasteiger partial charge in [-0.25, -0.2) is 4.98 Å². The second-order valence-electron chi connectivity index (χ2n) is 9.13. The quantitative estimate of drug-likeness (QED) is 0.413. The molecule has 34 heavy (non-hydrogen) atoms. The number of aliphatic hydroxyl groups is 1. The zero-order valence-corrected chi connectivity index (χ0v) is 19.5. The standard InChI is InChI=1S/C28H29N3O3/c1-18-14-31(15-19(2)34-18)16-20-4-3-5-23(12-20)21-6-8-22(9-7-21)28-29-25-11-10-24(27(33)17-32)13-26(25)30-28/h3-13,18-19,32H,14-17H2,1-2H3,(H,29,30)/t18-,19+. The molecular formula is C28H29N3O3. The predicted molar refractivity (Wildman–Crippen MR) is 134 cm³/mol. The topological polar surface area (TPSA) is 78.5 Å². The number of hydrogen-bond acceptors (Lipinski definition) is 5. The van der Waals surface area contributed by atoms with Gasteiger partial charge in [0.1, 0.15) is 12.4 Å². The van der Waals surface area contributed by atoms with Gasteiger partial charge in [-0.3, -0.25) is 9.69 Å². The lowest BCUT2D eigenvalue weighted by Crippen LogP contribution is -2.44. The van der Waals surface area contributed by atoms with Crippen LogP contribution in [-0.4, -0.2) is 57.7 Å². The fourth-order valence-corrected chi connectivity index (χ4v) is 4.75. The third kappa shape index (κ3) is 4.80. The molecule has 1 saturated heterocycles. The molecule has 0 saturated carbocycles. The van der Waals surface area contributed by atoms with E-state index in [0.29, 0.717) is 5.56 Å². The summed E-state index contributed by atoms with van der Waals surface area (Å²) in [7, 11) is 0. The smallest absolute Gasteiger partial charge is 0.188 e. The summed E-state index contributed by atoms with van der Waals surface area (Å²) in [6, 6.07) is 22.3. The number of rotatable bonds is 6. The Bertz CT molecular complexity index is 1300. The van der Waals surface area contributed by atoms with E-state index >= 15 is 0 Å². The molecule has 0 spiro atoms. The van der Waals surface area contributed by atoms with Gasteiger partial charge in [-0.05, 0) is 54.8 Å². The van der Waals surface area contributed by atoms with Gasteiger partial charge < -0.3 is 14.8 Å². The Labute approximate surface area is 199 Å². The van der Waals surface area contributed by atoms with Crippen LogP contribution < -0.4 is 0 Å². The van der Waals surface area contributed by atoms with Crippen molar-refractivity contribution < 1.29 is 14.6 Å². The van der Waals surface area contributed by atoms with Crippen molar-refractivity contribution in [2.24, 2.45) is 0 Å². The highest BCUT2D eigenvalue weighted by Gasteiger charge is 2.22. The van der Waals surface area contributed by atoms with Crippen molar-refractivity contribution in [1.82, 2.24) is 14.9 Å². The molecule has 1 aliphatic heterocycles. The van der Waals surface area contributed by atoms with Gasteiger partial charge in [0.15, 0.2) is 5.78 Å². The van der Waals surface area contributed by atoms with Crippen molar-refractivity contribution >= 4 is 16.8 Å². The van der Waals surface area contributed by atoms with E-state index in [0.717, 1.165) is 47.6 Å². The SMILES string of the molecule is C[C@@H]1CN(Cc2cccc(-c3ccc(-c4nc5ccc(C(=O)CO)cc5[nH]4)cc3)c2)C[C@H](C)O1. The number of morpholine rings is 1. The van der Waals surface area contributed by atoms with Gasteiger partial charge in [0.25, 0.3) is 0 Å². The number of aromatic nitrogens is 2. The third-order valence-corrected chi connectivity index (χ3v) is 6.27. The first-order valence-corrected chi connectivity index (χ1v) is 11.7. The lowest BCUT2D eigenvalue weighted by Gasteiger charge is -2.35. The molecule has 0 aliphatic carbocycles. The first kappa shape index (κ1) is 22.5. The fraction of sp³-hybridized carbons (Fsp3) is 0.286. The Hall–Kier alpha value is -3.32. The molecule has 3 aromatic carbocycles. The molecule has 2 N–H and O–H groups in total. The minimum atomic E-state index is -0.500. The van der Waals surface area contributed by atoms with Crippen molar-refractivity contribution in [3.8, 4) is 22.5 Å². The Morgan fingerprint density at radius 1 is 1.00 bits per heavy atom. The molecule has 5 rings (SSSR count). The Balaban J connectivity index is 1.34. The number of ether oxygens (including phenoxy) is 1. The van der Waals surface area contributed by atoms with Crippen molar-refractivity contribution in [2.45, 2.75) is 32.6 Å². The summed E-state index contributed by atoms with van der Waals surface area (Å²) >= 11 is 0. The van der Waals surface area contributed by atoms with Crippen LogP contribution in [0.1, 0.15) is 29.8 Å². The van der Waals surface area contributed by atoms with Gasteiger partial charge in [0, 0.05) is 30.8 Å². The van der Waals surface area contributed by atoms with Gasteiger partial charge in [0.05, 0.1) is 23.2 Å². The highest BCUT2D eigenvalue weighted by Crippen LogP contribution is 2.27. The number of carbonyl (C=O) groups excluding carboxylic acids is 1. The molecule has 0 unspecified atom stereocenters. The zero-order valence-electron chi connectivity index (χ0n) is 19.5. The molecule has 6 heteroatoms. The van der Waals surface area contributed by atoms with E-state index in [-0.39, 0.29) is 18.0 Å². The predicted octanol–water partition coefficient (Wildman–Crippen LogP) is 4.68. The van der Waals surface area contributed by atoms with Crippen LogP contribution in [0.5, 0.6) is 0 Å². The number of carbonyl (C=O) groups is 1. The van der Waals surface area contributed by atoms with E-state index in [1.54, 1.807) is 18.2 Å². The second-order valence-corrected chi connectivity index (χ2v) is 9.13. The summed E-state index contributed by atoms with van der Waals surface area (Å²) in [5.41, 5.74) is 6.65. The molecule has 6 nitrogen and oxygen atoms in total. The van der Waals surface area contributed by atoms with E-state index in [9.17, 15) is 4.79 Å². The lowest BCUT2D eigenvalue weighted by molar-refractivity contribution is -0.0704. The number of Topliss-reactive ketones (excluding diaryl/α,β-unsaturated/α-hetero) is 1. The summed E-state index contributed by atoms with van der Waals surface area (Å²) in [5, 5.41) is 9.10.